The maximum Gasteiger partial charge on any atom is 0.254 e. The standard InChI is InChI=1S/C24H31N2/c1-17(2)20-10-7-8-13-23(20)25-14-15-26(16-25)24-21(18(3)4)11-9-12-22(24)19(5)6/h7-19H,1-6H3/q+1. The van der Waals surface area contributed by atoms with Crippen molar-refractivity contribution in [2.75, 3.05) is 0 Å². The third-order valence-corrected chi connectivity index (χ3v) is 5.07. The average molecular weight is 348 g/mol. The number of aromatic nitrogens is 2. The van der Waals surface area contributed by atoms with Crippen molar-refractivity contribution in [2.24, 2.45) is 0 Å². The highest BCUT2D eigenvalue weighted by molar-refractivity contribution is 5.46. The third-order valence-electron chi connectivity index (χ3n) is 5.07. The van der Waals surface area contributed by atoms with Crippen LogP contribution in [0.3, 0.4) is 0 Å². The second kappa shape index (κ2) is 7.49. The highest BCUT2D eigenvalue weighted by Crippen LogP contribution is 2.28. The molecule has 0 radical (unpaired) electrons. The SMILES string of the molecule is CC(C)c1ccccc1-n1cc[n+](-c2c(C(C)C)cccc2C(C)C)c1. The summed E-state index contributed by atoms with van der Waals surface area (Å²) in [6.07, 6.45) is 6.57. The molecule has 1 heterocycles. The van der Waals surface area contributed by atoms with Gasteiger partial charge in [0, 0.05) is 16.7 Å². The van der Waals surface area contributed by atoms with Gasteiger partial charge < -0.3 is 0 Å². The van der Waals surface area contributed by atoms with Crippen LogP contribution in [0, 0.1) is 0 Å². The first-order valence-corrected chi connectivity index (χ1v) is 9.71. The van der Waals surface area contributed by atoms with Crippen LogP contribution in [0.15, 0.2) is 61.2 Å². The van der Waals surface area contributed by atoms with Crippen molar-refractivity contribution in [2.45, 2.75) is 59.3 Å². The monoisotopic (exact) mass is 347 g/mol. The first-order chi connectivity index (χ1) is 12.4. The van der Waals surface area contributed by atoms with Crippen LogP contribution in [0.25, 0.3) is 11.4 Å². The summed E-state index contributed by atoms with van der Waals surface area (Å²) in [6.45, 7) is 13.6. The molecule has 0 spiro atoms. The van der Waals surface area contributed by atoms with Gasteiger partial charge in [-0.3, -0.25) is 0 Å². The Bertz CT molecular complexity index is 858. The van der Waals surface area contributed by atoms with Crippen molar-refractivity contribution in [3.05, 3.63) is 77.9 Å². The maximum atomic E-state index is 2.29. The summed E-state index contributed by atoms with van der Waals surface area (Å²) in [4.78, 5) is 0. The van der Waals surface area contributed by atoms with Crippen LogP contribution in [-0.2, 0) is 0 Å². The van der Waals surface area contributed by atoms with Crippen LogP contribution in [0.5, 0.6) is 0 Å². The van der Waals surface area contributed by atoms with Crippen LogP contribution in [-0.4, -0.2) is 4.57 Å². The molecule has 0 bridgehead atoms. The minimum absolute atomic E-state index is 0.488. The summed E-state index contributed by atoms with van der Waals surface area (Å²) in [7, 11) is 0. The molecule has 2 aromatic carbocycles. The number of hydrogen-bond acceptors (Lipinski definition) is 0. The molecule has 0 saturated carbocycles. The van der Waals surface area contributed by atoms with E-state index in [0.29, 0.717) is 17.8 Å². The molecule has 2 nitrogen and oxygen atoms in total. The van der Waals surface area contributed by atoms with Crippen LogP contribution in [0.1, 0.15) is 76.0 Å². The van der Waals surface area contributed by atoms with Crippen LogP contribution < -0.4 is 4.57 Å². The Labute approximate surface area is 158 Å². The van der Waals surface area contributed by atoms with Crippen molar-refractivity contribution in [3.8, 4) is 11.4 Å². The minimum atomic E-state index is 0.488. The molecule has 0 fully saturated rings. The fourth-order valence-corrected chi connectivity index (χ4v) is 3.65. The van der Waals surface area contributed by atoms with E-state index in [1.807, 2.05) is 0 Å². The second-order valence-corrected chi connectivity index (χ2v) is 8.04. The van der Waals surface area contributed by atoms with E-state index in [0.717, 1.165) is 0 Å². The molecule has 3 aromatic rings. The zero-order chi connectivity index (χ0) is 18.8. The van der Waals surface area contributed by atoms with E-state index in [1.165, 1.54) is 28.1 Å². The highest BCUT2D eigenvalue weighted by Gasteiger charge is 2.21. The molecule has 0 unspecified atom stereocenters. The lowest BCUT2D eigenvalue weighted by Gasteiger charge is -2.16. The van der Waals surface area contributed by atoms with Crippen molar-refractivity contribution in [1.82, 2.24) is 4.57 Å². The Hall–Kier alpha value is -2.35. The van der Waals surface area contributed by atoms with E-state index in [2.05, 4.69) is 112 Å². The molecule has 0 aliphatic rings. The Balaban J connectivity index is 2.15. The average Bonchev–Trinajstić information content (AvgIpc) is 3.10. The number of benzene rings is 2. The van der Waals surface area contributed by atoms with Gasteiger partial charge in [0.2, 0.25) is 0 Å². The smallest absolute Gasteiger partial charge is 0.202 e. The van der Waals surface area contributed by atoms with Gasteiger partial charge in [0.25, 0.3) is 6.33 Å². The Morgan fingerprint density at radius 3 is 1.81 bits per heavy atom. The predicted molar refractivity (Wildman–Crippen MR) is 110 cm³/mol. The Morgan fingerprint density at radius 2 is 1.23 bits per heavy atom. The molecule has 0 saturated heterocycles. The van der Waals surface area contributed by atoms with E-state index in [9.17, 15) is 0 Å². The van der Waals surface area contributed by atoms with Crippen LogP contribution >= 0.6 is 0 Å². The summed E-state index contributed by atoms with van der Waals surface area (Å²) in [5, 5.41) is 0. The molecule has 0 aliphatic carbocycles. The summed E-state index contributed by atoms with van der Waals surface area (Å²) in [6, 6.07) is 15.4. The van der Waals surface area contributed by atoms with E-state index in [1.54, 1.807) is 0 Å². The number of hydrogen-bond donors (Lipinski definition) is 0. The lowest BCUT2D eigenvalue weighted by Crippen LogP contribution is -2.31. The third kappa shape index (κ3) is 3.46. The van der Waals surface area contributed by atoms with Gasteiger partial charge in [0.15, 0.2) is 0 Å². The zero-order valence-corrected chi connectivity index (χ0v) is 16.9. The van der Waals surface area contributed by atoms with Crippen LogP contribution in [0.4, 0.5) is 0 Å². The topological polar surface area (TPSA) is 8.81 Å². The summed E-state index contributed by atoms with van der Waals surface area (Å²) in [5.41, 5.74) is 6.76. The van der Waals surface area contributed by atoms with Crippen molar-refractivity contribution < 1.29 is 4.57 Å². The van der Waals surface area contributed by atoms with E-state index in [-0.39, 0.29) is 0 Å². The first-order valence-electron chi connectivity index (χ1n) is 9.71. The quantitative estimate of drug-likeness (QED) is 0.491. The molecule has 0 aliphatic heterocycles. The van der Waals surface area contributed by atoms with Crippen LogP contribution in [0.2, 0.25) is 0 Å². The molecular weight excluding hydrogens is 316 g/mol. The molecule has 3 rings (SSSR count). The van der Waals surface area contributed by atoms with Gasteiger partial charge in [-0.2, -0.15) is 0 Å². The molecule has 136 valence electrons. The minimum Gasteiger partial charge on any atom is -0.202 e. The Morgan fingerprint density at radius 1 is 0.692 bits per heavy atom. The predicted octanol–water partition coefficient (Wildman–Crippen LogP) is 6.12. The van der Waals surface area contributed by atoms with Gasteiger partial charge in [0.05, 0.1) is 0 Å². The van der Waals surface area contributed by atoms with E-state index >= 15 is 0 Å². The summed E-state index contributed by atoms with van der Waals surface area (Å²) >= 11 is 0. The Kier molecular flexibility index (Phi) is 5.31. The lowest BCUT2D eigenvalue weighted by molar-refractivity contribution is -0.596. The van der Waals surface area contributed by atoms with Crippen molar-refractivity contribution in [1.29, 1.82) is 0 Å². The number of rotatable bonds is 5. The molecule has 26 heavy (non-hydrogen) atoms. The van der Waals surface area contributed by atoms with E-state index < -0.39 is 0 Å². The molecule has 0 N–H and O–H groups in total. The maximum absolute atomic E-state index is 2.29. The first kappa shape index (κ1) is 18.4. The van der Waals surface area contributed by atoms with Gasteiger partial charge in [0.1, 0.15) is 23.8 Å². The number of imidazole rings is 1. The molecule has 0 atom stereocenters. The largest absolute Gasteiger partial charge is 0.254 e. The van der Waals surface area contributed by atoms with Gasteiger partial charge in [-0.15, -0.1) is 0 Å². The van der Waals surface area contributed by atoms with Gasteiger partial charge in [-0.05, 0) is 23.8 Å². The molecule has 2 heteroatoms. The van der Waals surface area contributed by atoms with Gasteiger partial charge in [-0.1, -0.05) is 77.9 Å². The van der Waals surface area contributed by atoms with Gasteiger partial charge in [-0.25, -0.2) is 9.13 Å². The number of nitrogens with zero attached hydrogens (tertiary/aromatic N) is 2. The van der Waals surface area contributed by atoms with Gasteiger partial charge >= 0.3 is 0 Å². The summed E-state index contributed by atoms with van der Waals surface area (Å²) in [5.74, 6) is 1.47. The zero-order valence-electron chi connectivity index (χ0n) is 16.9. The van der Waals surface area contributed by atoms with Crippen molar-refractivity contribution in [3.63, 3.8) is 0 Å². The molecule has 0 amide bonds. The second-order valence-electron chi connectivity index (χ2n) is 8.04. The molecule has 1 aromatic heterocycles. The number of para-hydroxylation sites is 2. The highest BCUT2D eigenvalue weighted by atomic mass is 15.1. The summed E-state index contributed by atoms with van der Waals surface area (Å²) < 4.78 is 4.54. The fourth-order valence-electron chi connectivity index (χ4n) is 3.65. The molecular formula is C24H31N2+. The van der Waals surface area contributed by atoms with Crippen molar-refractivity contribution >= 4 is 0 Å². The fraction of sp³-hybridized carbons (Fsp3) is 0.375. The normalized spacial score (nSPS) is 11.7. The van der Waals surface area contributed by atoms with E-state index in [4.69, 9.17) is 0 Å². The lowest BCUT2D eigenvalue weighted by atomic mass is 9.92.